The van der Waals surface area contributed by atoms with E-state index in [4.69, 9.17) is 18.9 Å². The first kappa shape index (κ1) is 29.3. The number of aromatic nitrogens is 2. The zero-order chi connectivity index (χ0) is 24.5. The molecule has 0 fully saturated rings. The van der Waals surface area contributed by atoms with Crippen molar-refractivity contribution in [3.8, 4) is 0 Å². The lowest BCUT2D eigenvalue weighted by Gasteiger charge is -2.19. The highest BCUT2D eigenvalue weighted by Gasteiger charge is 2.14. The molecule has 1 rings (SSSR count). The summed E-state index contributed by atoms with van der Waals surface area (Å²) in [5, 5.41) is 2.67. The van der Waals surface area contributed by atoms with Gasteiger partial charge in [-0.05, 0) is 20.8 Å². The first-order chi connectivity index (χ1) is 15.8. The Labute approximate surface area is 202 Å². The molecule has 1 aromatic heterocycles. The van der Waals surface area contributed by atoms with E-state index in [0.29, 0.717) is 46.2 Å². The Kier molecular flexibility index (Phi) is 14.9. The van der Waals surface area contributed by atoms with Gasteiger partial charge in [-0.1, -0.05) is 20.8 Å². The molecular formula is C23H42N4O5S. The van der Waals surface area contributed by atoms with E-state index >= 15 is 0 Å². The molecule has 9 nitrogen and oxygen atoms in total. The summed E-state index contributed by atoms with van der Waals surface area (Å²) in [6, 6.07) is 0. The SMILES string of the molecule is CCNC(=O)COCCOCCOCCO/C(=C/c1ncn(NCC)c1C)CSC(C)(C)C. The van der Waals surface area contributed by atoms with Gasteiger partial charge >= 0.3 is 0 Å². The van der Waals surface area contributed by atoms with Gasteiger partial charge in [0.15, 0.2) is 0 Å². The summed E-state index contributed by atoms with van der Waals surface area (Å²) in [6.45, 7) is 16.7. The van der Waals surface area contributed by atoms with Gasteiger partial charge in [-0.15, -0.1) is 11.8 Å². The number of thioether (sulfide) groups is 1. The lowest BCUT2D eigenvalue weighted by Crippen LogP contribution is -2.27. The number of nitrogens with one attached hydrogen (secondary N) is 2. The fraction of sp³-hybridized carbons (Fsp3) is 0.739. The topological polar surface area (TPSA) is 95.9 Å². The van der Waals surface area contributed by atoms with Crippen LogP contribution in [-0.4, -0.2) is 85.4 Å². The van der Waals surface area contributed by atoms with Crippen LogP contribution in [0.2, 0.25) is 0 Å². The Morgan fingerprint density at radius 3 is 2.30 bits per heavy atom. The first-order valence-corrected chi connectivity index (χ1v) is 12.5. The number of likely N-dealkylation sites (N-methyl/N-ethyl adjacent to an activating group) is 1. The van der Waals surface area contributed by atoms with Crippen LogP contribution in [0, 0.1) is 6.92 Å². The van der Waals surface area contributed by atoms with Gasteiger partial charge in [0.1, 0.15) is 25.3 Å². The Morgan fingerprint density at radius 1 is 1.06 bits per heavy atom. The van der Waals surface area contributed by atoms with E-state index in [2.05, 4.69) is 43.4 Å². The normalized spacial score (nSPS) is 12.1. The molecule has 0 saturated carbocycles. The predicted octanol–water partition coefficient (Wildman–Crippen LogP) is 2.83. The highest BCUT2D eigenvalue weighted by atomic mass is 32.2. The second-order valence-electron chi connectivity index (χ2n) is 8.19. The van der Waals surface area contributed by atoms with Crippen molar-refractivity contribution in [2.24, 2.45) is 0 Å². The van der Waals surface area contributed by atoms with Crippen molar-refractivity contribution in [1.82, 2.24) is 15.0 Å². The summed E-state index contributed by atoms with van der Waals surface area (Å²) in [5.74, 6) is 1.52. The van der Waals surface area contributed by atoms with Crippen LogP contribution in [0.5, 0.6) is 0 Å². The molecule has 1 heterocycles. The summed E-state index contributed by atoms with van der Waals surface area (Å²) < 4.78 is 24.3. The molecule has 0 unspecified atom stereocenters. The van der Waals surface area contributed by atoms with E-state index in [9.17, 15) is 4.79 Å². The van der Waals surface area contributed by atoms with Gasteiger partial charge in [0.25, 0.3) is 0 Å². The number of ether oxygens (including phenoxy) is 4. The molecule has 0 aliphatic heterocycles. The Bertz CT molecular complexity index is 704. The average Bonchev–Trinajstić information content (AvgIpc) is 3.09. The number of rotatable bonds is 18. The molecule has 0 radical (unpaired) electrons. The van der Waals surface area contributed by atoms with Crippen LogP contribution in [0.25, 0.3) is 6.08 Å². The molecular weight excluding hydrogens is 444 g/mol. The van der Waals surface area contributed by atoms with Gasteiger partial charge in [0, 0.05) is 23.9 Å². The maximum atomic E-state index is 11.2. The Morgan fingerprint density at radius 2 is 1.70 bits per heavy atom. The van der Waals surface area contributed by atoms with Gasteiger partial charge in [0.2, 0.25) is 5.91 Å². The highest BCUT2D eigenvalue weighted by Crippen LogP contribution is 2.26. The smallest absolute Gasteiger partial charge is 0.245 e. The van der Waals surface area contributed by atoms with Crippen molar-refractivity contribution in [1.29, 1.82) is 0 Å². The van der Waals surface area contributed by atoms with Crippen LogP contribution in [0.15, 0.2) is 12.1 Å². The van der Waals surface area contributed by atoms with Gasteiger partial charge in [0.05, 0.1) is 50.2 Å². The number of imidazole rings is 1. The quantitative estimate of drug-likeness (QED) is 0.242. The summed E-state index contributed by atoms with van der Waals surface area (Å²) in [6.07, 6.45) is 3.79. The van der Waals surface area contributed by atoms with E-state index in [-0.39, 0.29) is 17.3 Å². The summed E-state index contributed by atoms with van der Waals surface area (Å²) in [5.41, 5.74) is 5.18. The minimum Gasteiger partial charge on any atom is -0.495 e. The first-order valence-electron chi connectivity index (χ1n) is 11.5. The molecule has 0 aliphatic rings. The molecule has 1 amide bonds. The van der Waals surface area contributed by atoms with Crippen LogP contribution in [0.4, 0.5) is 0 Å². The minimum absolute atomic E-state index is 0.0588. The average molecular weight is 487 g/mol. The second-order valence-corrected chi connectivity index (χ2v) is 9.99. The molecule has 0 atom stereocenters. The molecule has 33 heavy (non-hydrogen) atoms. The third-order valence-electron chi connectivity index (χ3n) is 4.18. The molecule has 0 aliphatic carbocycles. The third-order valence-corrected chi connectivity index (χ3v) is 5.48. The summed E-state index contributed by atoms with van der Waals surface area (Å²) in [4.78, 5) is 15.7. The van der Waals surface area contributed by atoms with Crippen molar-refractivity contribution >= 4 is 23.7 Å². The van der Waals surface area contributed by atoms with Crippen LogP contribution in [0.1, 0.15) is 46.0 Å². The van der Waals surface area contributed by atoms with E-state index in [0.717, 1.165) is 29.4 Å². The van der Waals surface area contributed by atoms with Gasteiger partial charge in [-0.2, -0.15) is 0 Å². The van der Waals surface area contributed by atoms with E-state index in [1.807, 2.05) is 36.4 Å². The Balaban J connectivity index is 2.31. The maximum absolute atomic E-state index is 11.2. The molecule has 0 bridgehead atoms. The number of carbonyl (C=O) groups is 1. The van der Waals surface area contributed by atoms with Crippen molar-refractivity contribution in [2.75, 3.05) is 70.5 Å². The van der Waals surface area contributed by atoms with Crippen molar-refractivity contribution in [2.45, 2.75) is 46.3 Å². The summed E-state index contributed by atoms with van der Waals surface area (Å²) in [7, 11) is 0. The predicted molar refractivity (Wildman–Crippen MR) is 134 cm³/mol. The molecule has 0 saturated heterocycles. The fourth-order valence-electron chi connectivity index (χ4n) is 2.54. The third kappa shape index (κ3) is 14.2. The zero-order valence-electron chi connectivity index (χ0n) is 21.1. The van der Waals surface area contributed by atoms with Gasteiger partial charge in [-0.3, -0.25) is 9.47 Å². The molecule has 190 valence electrons. The van der Waals surface area contributed by atoms with Crippen molar-refractivity contribution in [3.05, 3.63) is 23.5 Å². The second kappa shape index (κ2) is 16.8. The van der Waals surface area contributed by atoms with Crippen molar-refractivity contribution in [3.63, 3.8) is 0 Å². The van der Waals surface area contributed by atoms with Crippen molar-refractivity contribution < 1.29 is 23.7 Å². The molecule has 0 aromatic carbocycles. The molecule has 2 N–H and O–H groups in total. The summed E-state index contributed by atoms with van der Waals surface area (Å²) >= 11 is 1.83. The highest BCUT2D eigenvalue weighted by molar-refractivity contribution is 8.00. The fourth-order valence-corrected chi connectivity index (χ4v) is 3.29. The monoisotopic (exact) mass is 486 g/mol. The van der Waals surface area contributed by atoms with E-state index in [1.54, 1.807) is 6.33 Å². The molecule has 10 heteroatoms. The molecule has 1 aromatic rings. The number of hydrogen-bond acceptors (Lipinski definition) is 8. The van der Waals surface area contributed by atoms with Crippen LogP contribution in [-0.2, 0) is 23.7 Å². The standard InChI is InChI=1S/C23H42N4O5S/c1-7-24-22(28)16-31-12-11-29-9-10-30-13-14-32-20(17-33-23(4,5)6)15-21-19(3)27(18-25-21)26-8-2/h15,18,26H,7-14,16-17H2,1-6H3,(H,24,28)/b20-15+. The van der Waals surface area contributed by atoms with Gasteiger partial charge in [-0.25, -0.2) is 4.98 Å². The Hall–Kier alpha value is -1.75. The van der Waals surface area contributed by atoms with Crippen LogP contribution >= 0.6 is 11.8 Å². The lowest BCUT2D eigenvalue weighted by atomic mass is 10.3. The van der Waals surface area contributed by atoms with Crippen LogP contribution in [0.3, 0.4) is 0 Å². The maximum Gasteiger partial charge on any atom is 0.245 e. The molecule has 0 spiro atoms. The largest absolute Gasteiger partial charge is 0.495 e. The number of nitrogens with zero attached hydrogens (tertiary/aromatic N) is 2. The van der Waals surface area contributed by atoms with Gasteiger partial charge < -0.3 is 29.7 Å². The van der Waals surface area contributed by atoms with Crippen LogP contribution < -0.4 is 10.7 Å². The number of hydrogen-bond donors (Lipinski definition) is 2. The lowest BCUT2D eigenvalue weighted by molar-refractivity contribution is -0.126. The van der Waals surface area contributed by atoms with E-state index in [1.165, 1.54) is 0 Å². The number of amides is 1. The zero-order valence-corrected chi connectivity index (χ0v) is 21.9. The minimum atomic E-state index is -0.115. The van der Waals surface area contributed by atoms with E-state index < -0.39 is 0 Å². The number of carbonyl (C=O) groups excluding carboxylic acids is 1.